The molecule has 0 saturated heterocycles. The van der Waals surface area contributed by atoms with Crippen molar-refractivity contribution in [3.63, 3.8) is 0 Å². The summed E-state index contributed by atoms with van der Waals surface area (Å²) in [7, 11) is 0. The number of hydrogen-bond donors (Lipinski definition) is 1. The van der Waals surface area contributed by atoms with Crippen LogP contribution < -0.4 is 0 Å². The molecule has 106 valence electrons. The van der Waals surface area contributed by atoms with E-state index in [1.165, 1.54) is 17.5 Å². The van der Waals surface area contributed by atoms with Gasteiger partial charge in [0.05, 0.1) is 14.4 Å². The summed E-state index contributed by atoms with van der Waals surface area (Å²) in [4.78, 5) is 12.2. The summed E-state index contributed by atoms with van der Waals surface area (Å²) >= 11 is 8.21. The van der Waals surface area contributed by atoms with Crippen molar-refractivity contribution in [1.29, 1.82) is 0 Å². The molecule has 0 unspecified atom stereocenters. The minimum absolute atomic E-state index is 0.187. The van der Waals surface area contributed by atoms with Crippen molar-refractivity contribution in [2.45, 2.75) is 0 Å². The van der Waals surface area contributed by atoms with E-state index in [0.717, 1.165) is 18.8 Å². The van der Waals surface area contributed by atoms with Crippen LogP contribution in [0.4, 0.5) is 0 Å². The minimum atomic E-state index is -0.988. The molecule has 0 aliphatic rings. The number of benzene rings is 1. The van der Waals surface area contributed by atoms with Crippen molar-refractivity contribution in [2.24, 2.45) is 0 Å². The van der Waals surface area contributed by atoms with E-state index in [-0.39, 0.29) is 5.56 Å². The molecule has 1 N–H and O–H groups in total. The van der Waals surface area contributed by atoms with Gasteiger partial charge >= 0.3 is 5.97 Å². The second-order valence-corrected chi connectivity index (χ2v) is 7.60. The highest BCUT2D eigenvalue weighted by Gasteiger charge is 2.19. The Kier molecular flexibility index (Phi) is 3.97. The molecule has 0 atom stereocenters. The highest BCUT2D eigenvalue weighted by atomic mass is 79.9. The van der Waals surface area contributed by atoms with Crippen molar-refractivity contribution in [2.75, 3.05) is 0 Å². The van der Waals surface area contributed by atoms with Crippen LogP contribution in [0.1, 0.15) is 10.4 Å². The first kappa shape index (κ1) is 14.5. The van der Waals surface area contributed by atoms with E-state index in [0.29, 0.717) is 5.69 Å². The molecular formula is C14H8Br2N2O2S. The number of thiophene rings is 1. The van der Waals surface area contributed by atoms with Gasteiger partial charge in [-0.25, -0.2) is 9.48 Å². The second-order valence-electron chi connectivity index (χ2n) is 4.22. The third-order valence-corrected chi connectivity index (χ3v) is 5.00. The predicted molar refractivity (Wildman–Crippen MR) is 89.2 cm³/mol. The van der Waals surface area contributed by atoms with Crippen LogP contribution in [0, 0.1) is 0 Å². The van der Waals surface area contributed by atoms with Crippen LogP contribution in [0.5, 0.6) is 0 Å². The summed E-state index contributed by atoms with van der Waals surface area (Å²) in [6.45, 7) is 0. The van der Waals surface area contributed by atoms with Crippen LogP contribution >= 0.6 is 43.2 Å². The fourth-order valence-corrected chi connectivity index (χ4v) is 3.53. The first-order valence-electron chi connectivity index (χ1n) is 5.89. The highest BCUT2D eigenvalue weighted by molar-refractivity contribution is 9.11. The fourth-order valence-electron chi connectivity index (χ4n) is 1.88. The van der Waals surface area contributed by atoms with E-state index >= 15 is 0 Å². The number of carboxylic acids is 1. The van der Waals surface area contributed by atoms with Gasteiger partial charge in [-0.05, 0) is 52.3 Å². The first-order chi connectivity index (χ1) is 10.0. The second kappa shape index (κ2) is 5.75. The van der Waals surface area contributed by atoms with Crippen LogP contribution in [0.2, 0.25) is 0 Å². The minimum Gasteiger partial charge on any atom is -0.478 e. The summed E-state index contributed by atoms with van der Waals surface area (Å²) in [6, 6.07) is 11.3. The normalized spacial score (nSPS) is 10.8. The quantitative estimate of drug-likeness (QED) is 0.651. The van der Waals surface area contributed by atoms with Crippen molar-refractivity contribution < 1.29 is 9.90 Å². The number of aromatic carboxylic acids is 1. The van der Waals surface area contributed by atoms with Gasteiger partial charge in [0.15, 0.2) is 0 Å². The molecule has 0 spiro atoms. The van der Waals surface area contributed by atoms with Gasteiger partial charge in [-0.2, -0.15) is 5.10 Å². The van der Waals surface area contributed by atoms with E-state index < -0.39 is 5.97 Å². The van der Waals surface area contributed by atoms with E-state index in [1.807, 2.05) is 36.4 Å². The Hall–Kier alpha value is -1.44. The van der Waals surface area contributed by atoms with Gasteiger partial charge in [-0.3, -0.25) is 0 Å². The molecule has 4 nitrogen and oxygen atoms in total. The number of carboxylic acid groups (broad SMARTS) is 1. The van der Waals surface area contributed by atoms with Crippen LogP contribution in [-0.4, -0.2) is 20.9 Å². The lowest BCUT2D eigenvalue weighted by atomic mass is 10.2. The molecule has 0 radical (unpaired) electrons. The van der Waals surface area contributed by atoms with Crippen LogP contribution in [0.3, 0.4) is 0 Å². The van der Waals surface area contributed by atoms with Crippen molar-refractivity contribution in [1.82, 2.24) is 9.78 Å². The third kappa shape index (κ3) is 2.95. The third-order valence-electron chi connectivity index (χ3n) is 2.84. The number of rotatable bonds is 3. The summed E-state index contributed by atoms with van der Waals surface area (Å²) in [5.41, 5.74) is 1.47. The Bertz CT molecular complexity index is 809. The van der Waals surface area contributed by atoms with Gasteiger partial charge in [0.25, 0.3) is 0 Å². The van der Waals surface area contributed by atoms with E-state index in [2.05, 4.69) is 37.0 Å². The molecule has 3 rings (SSSR count). The lowest BCUT2D eigenvalue weighted by Gasteiger charge is -2.00. The maximum absolute atomic E-state index is 11.4. The van der Waals surface area contributed by atoms with E-state index in [4.69, 9.17) is 0 Å². The molecule has 21 heavy (non-hydrogen) atoms. The Labute approximate surface area is 141 Å². The summed E-state index contributed by atoms with van der Waals surface area (Å²) in [5, 5.41) is 13.8. The van der Waals surface area contributed by atoms with Gasteiger partial charge in [-0.15, -0.1) is 11.3 Å². The topological polar surface area (TPSA) is 55.1 Å². The molecule has 3 aromatic rings. The zero-order valence-electron chi connectivity index (χ0n) is 10.5. The largest absolute Gasteiger partial charge is 0.478 e. The van der Waals surface area contributed by atoms with E-state index in [1.54, 1.807) is 4.68 Å². The summed E-state index contributed by atoms with van der Waals surface area (Å²) in [5.74, 6) is -0.988. The molecule has 0 fully saturated rings. The molecule has 0 aliphatic carbocycles. The number of hydrogen-bond acceptors (Lipinski definition) is 3. The Morgan fingerprint density at radius 2 is 1.86 bits per heavy atom. The summed E-state index contributed by atoms with van der Waals surface area (Å²) in [6.07, 6.45) is 1.54. The van der Waals surface area contributed by atoms with Gasteiger partial charge < -0.3 is 5.11 Å². The standard InChI is InChI=1S/C14H8Br2N2O2S/c15-8-1-3-9(4-2-8)18-7-10(14(19)20)13(17-18)11-5-6-12(16)21-11/h1-7H,(H,19,20). The number of halogens is 2. The van der Waals surface area contributed by atoms with Gasteiger partial charge in [0.2, 0.25) is 0 Å². The molecular weight excluding hydrogens is 420 g/mol. The molecule has 1 aromatic carbocycles. The maximum atomic E-state index is 11.4. The van der Waals surface area contributed by atoms with Gasteiger partial charge in [0, 0.05) is 10.7 Å². The number of aromatic nitrogens is 2. The van der Waals surface area contributed by atoms with Gasteiger partial charge in [-0.1, -0.05) is 15.9 Å². The van der Waals surface area contributed by atoms with Crippen LogP contribution in [0.25, 0.3) is 16.3 Å². The Morgan fingerprint density at radius 3 is 2.43 bits per heavy atom. The monoisotopic (exact) mass is 426 g/mol. The molecule has 0 bridgehead atoms. The molecule has 0 amide bonds. The molecule has 2 heterocycles. The number of nitrogens with zero attached hydrogens (tertiary/aromatic N) is 2. The van der Waals surface area contributed by atoms with Gasteiger partial charge in [0.1, 0.15) is 11.3 Å². The fraction of sp³-hybridized carbons (Fsp3) is 0. The average Bonchev–Trinajstić information content (AvgIpc) is 3.05. The predicted octanol–water partition coefficient (Wildman–Crippen LogP) is 4.82. The van der Waals surface area contributed by atoms with Crippen molar-refractivity contribution >= 4 is 49.2 Å². The van der Waals surface area contributed by atoms with Crippen molar-refractivity contribution in [3.05, 3.63) is 56.4 Å². The summed E-state index contributed by atoms with van der Waals surface area (Å²) < 4.78 is 3.48. The molecule has 0 saturated carbocycles. The first-order valence-corrected chi connectivity index (χ1v) is 8.29. The highest BCUT2D eigenvalue weighted by Crippen LogP contribution is 2.33. The molecule has 2 aromatic heterocycles. The van der Waals surface area contributed by atoms with E-state index in [9.17, 15) is 9.90 Å². The number of carbonyl (C=O) groups is 1. The lowest BCUT2D eigenvalue weighted by Crippen LogP contribution is -1.96. The van der Waals surface area contributed by atoms with Crippen LogP contribution in [-0.2, 0) is 0 Å². The Balaban J connectivity index is 2.12. The zero-order valence-corrected chi connectivity index (χ0v) is 14.4. The smallest absolute Gasteiger partial charge is 0.339 e. The molecule has 7 heteroatoms. The average molecular weight is 428 g/mol. The Morgan fingerprint density at radius 1 is 1.14 bits per heavy atom. The zero-order chi connectivity index (χ0) is 15.0. The maximum Gasteiger partial charge on any atom is 0.339 e. The molecule has 0 aliphatic heterocycles. The lowest BCUT2D eigenvalue weighted by molar-refractivity contribution is 0.0697. The SMILES string of the molecule is O=C(O)c1cn(-c2ccc(Br)cc2)nc1-c1ccc(Br)s1. The van der Waals surface area contributed by atoms with Crippen LogP contribution in [0.15, 0.2) is 50.9 Å². The van der Waals surface area contributed by atoms with Crippen molar-refractivity contribution in [3.8, 4) is 16.3 Å².